The van der Waals surface area contributed by atoms with E-state index < -0.39 is 11.9 Å². The Bertz CT molecular complexity index is 1050. The van der Waals surface area contributed by atoms with E-state index in [9.17, 15) is 14.7 Å². The number of carboxylic acid groups (broad SMARTS) is 2. The fourth-order valence-corrected chi connectivity index (χ4v) is 4.60. The Balaban J connectivity index is 2.11. The van der Waals surface area contributed by atoms with E-state index in [0.29, 0.717) is 27.0 Å². The number of carbonyl (C=O) groups is 2. The number of carboxylic acids is 2. The number of hydrogen-bond acceptors (Lipinski definition) is 6. The number of methoxy groups -OCH3 is 1. The number of aliphatic imine (C=N–C) groups is 1. The molecule has 1 aliphatic heterocycles. The highest BCUT2D eigenvalue weighted by molar-refractivity contribution is 8.09. The van der Waals surface area contributed by atoms with Crippen LogP contribution in [0.15, 0.2) is 58.1 Å². The molecule has 156 valence electrons. The van der Waals surface area contributed by atoms with Gasteiger partial charge in [0.2, 0.25) is 0 Å². The lowest BCUT2D eigenvalue weighted by molar-refractivity contribution is -0.134. The molecule has 3 N–H and O–H groups in total. The zero-order chi connectivity index (χ0) is 21.7. The van der Waals surface area contributed by atoms with Crippen LogP contribution in [0.1, 0.15) is 12.6 Å². The Kier molecular flexibility index (Phi) is 7.07. The molecule has 1 aromatic carbocycles. The van der Waals surface area contributed by atoms with Gasteiger partial charge in [-0.15, -0.1) is 23.5 Å². The second-order valence-corrected chi connectivity index (χ2v) is 8.30. The fourth-order valence-electron chi connectivity index (χ4n) is 2.87. The van der Waals surface area contributed by atoms with E-state index in [1.165, 1.54) is 0 Å². The Labute approximate surface area is 181 Å². The first-order chi connectivity index (χ1) is 14.4. The van der Waals surface area contributed by atoms with Gasteiger partial charge >= 0.3 is 11.9 Å². The number of hydrogen-bond donors (Lipinski definition) is 3. The van der Waals surface area contributed by atoms with Gasteiger partial charge in [0.25, 0.3) is 0 Å². The Morgan fingerprint density at radius 1 is 1.13 bits per heavy atom. The molecule has 0 saturated heterocycles. The molecule has 0 aliphatic carbocycles. The van der Waals surface area contributed by atoms with Gasteiger partial charge in [0.05, 0.1) is 34.9 Å². The standard InChI is InChI=1S/C21H20N2O5S2/c1-12-8-16(29-10-17(24)25)20(22-12)21(30-11-18(26)27)19-15(28-2)9-14(23-19)13-6-4-3-5-7-13/h3-9,23H,10-11H2,1-2H3,(H,24,25)(H,26,27)/b21-20+. The van der Waals surface area contributed by atoms with Crippen molar-refractivity contribution in [2.45, 2.75) is 6.92 Å². The van der Waals surface area contributed by atoms with Crippen LogP contribution in [0.4, 0.5) is 0 Å². The predicted octanol–water partition coefficient (Wildman–Crippen LogP) is 4.35. The fraction of sp³-hybridized carbons (Fsp3) is 0.190. The normalized spacial score (nSPS) is 14.9. The van der Waals surface area contributed by atoms with Crippen LogP contribution in [-0.2, 0) is 9.59 Å². The van der Waals surface area contributed by atoms with Crippen molar-refractivity contribution in [3.63, 3.8) is 0 Å². The third-order valence-electron chi connectivity index (χ3n) is 4.08. The van der Waals surface area contributed by atoms with Crippen molar-refractivity contribution in [3.05, 3.63) is 58.8 Å². The zero-order valence-corrected chi connectivity index (χ0v) is 18.0. The Morgan fingerprint density at radius 2 is 1.83 bits per heavy atom. The molecule has 1 aliphatic rings. The summed E-state index contributed by atoms with van der Waals surface area (Å²) in [6, 6.07) is 11.5. The largest absolute Gasteiger partial charge is 0.494 e. The first-order valence-electron chi connectivity index (χ1n) is 8.92. The first-order valence-corrected chi connectivity index (χ1v) is 10.9. The summed E-state index contributed by atoms with van der Waals surface area (Å²) < 4.78 is 5.56. The molecule has 0 fully saturated rings. The summed E-state index contributed by atoms with van der Waals surface area (Å²) >= 11 is 2.27. The number of aromatic nitrogens is 1. The predicted molar refractivity (Wildman–Crippen MR) is 121 cm³/mol. The van der Waals surface area contributed by atoms with Crippen molar-refractivity contribution in [1.82, 2.24) is 4.98 Å². The number of ether oxygens (including phenoxy) is 1. The highest BCUT2D eigenvalue weighted by Gasteiger charge is 2.24. The minimum Gasteiger partial charge on any atom is -0.494 e. The van der Waals surface area contributed by atoms with Crippen molar-refractivity contribution in [2.24, 2.45) is 4.99 Å². The maximum atomic E-state index is 11.3. The third-order valence-corrected chi connectivity index (χ3v) is 6.17. The lowest BCUT2D eigenvalue weighted by Gasteiger charge is -2.12. The van der Waals surface area contributed by atoms with Crippen LogP contribution in [0, 0.1) is 0 Å². The van der Waals surface area contributed by atoms with E-state index in [4.69, 9.17) is 9.84 Å². The molecule has 9 heteroatoms. The Morgan fingerprint density at radius 3 is 2.47 bits per heavy atom. The Hall–Kier alpha value is -2.91. The first kappa shape index (κ1) is 21.8. The number of nitrogens with one attached hydrogen (secondary N) is 1. The second-order valence-electron chi connectivity index (χ2n) is 6.30. The summed E-state index contributed by atoms with van der Waals surface area (Å²) in [6.07, 6.45) is 1.80. The number of aliphatic carboxylic acids is 2. The van der Waals surface area contributed by atoms with Crippen molar-refractivity contribution in [1.29, 1.82) is 0 Å². The summed E-state index contributed by atoms with van der Waals surface area (Å²) in [5.41, 5.74) is 3.65. The molecular weight excluding hydrogens is 424 g/mol. The molecule has 3 rings (SSSR count). The lowest BCUT2D eigenvalue weighted by atomic mass is 10.2. The van der Waals surface area contributed by atoms with Gasteiger partial charge in [-0.1, -0.05) is 30.3 Å². The molecule has 0 spiro atoms. The summed E-state index contributed by atoms with van der Waals surface area (Å²) in [4.78, 5) is 31.5. The number of rotatable bonds is 9. The monoisotopic (exact) mass is 444 g/mol. The number of nitrogens with zero attached hydrogens (tertiary/aromatic N) is 1. The molecule has 2 heterocycles. The number of thioether (sulfide) groups is 2. The van der Waals surface area contributed by atoms with Crippen molar-refractivity contribution < 1.29 is 24.5 Å². The van der Waals surface area contributed by atoms with Crippen molar-refractivity contribution in [3.8, 4) is 17.0 Å². The lowest BCUT2D eigenvalue weighted by Crippen LogP contribution is -2.01. The van der Waals surface area contributed by atoms with Gasteiger partial charge in [-0.05, 0) is 18.6 Å². The van der Waals surface area contributed by atoms with Crippen LogP contribution >= 0.6 is 23.5 Å². The van der Waals surface area contributed by atoms with Crippen molar-refractivity contribution in [2.75, 3.05) is 18.6 Å². The number of aromatic amines is 1. The molecule has 0 bridgehead atoms. The third kappa shape index (κ3) is 5.17. The average molecular weight is 445 g/mol. The number of H-pyrrole nitrogens is 1. The zero-order valence-electron chi connectivity index (χ0n) is 16.3. The van der Waals surface area contributed by atoms with Crippen LogP contribution in [0.25, 0.3) is 16.2 Å². The SMILES string of the molecule is COc1cc(-c2ccccc2)[nH]c1/C(SCC(=O)O)=C1\N=C(C)C=C1SCC(=O)O. The van der Waals surface area contributed by atoms with E-state index in [0.717, 1.165) is 40.5 Å². The van der Waals surface area contributed by atoms with Gasteiger partial charge in [-0.3, -0.25) is 14.6 Å². The maximum Gasteiger partial charge on any atom is 0.313 e. The van der Waals surface area contributed by atoms with Crippen LogP contribution in [0.3, 0.4) is 0 Å². The highest BCUT2D eigenvalue weighted by atomic mass is 32.2. The molecule has 0 saturated carbocycles. The van der Waals surface area contributed by atoms with Crippen molar-refractivity contribution >= 4 is 46.1 Å². The molecule has 0 atom stereocenters. The van der Waals surface area contributed by atoms with Gasteiger partial charge in [0, 0.05) is 22.4 Å². The molecule has 0 unspecified atom stereocenters. The molecular formula is C21H20N2O5S2. The minimum atomic E-state index is -0.964. The smallest absolute Gasteiger partial charge is 0.313 e. The summed E-state index contributed by atoms with van der Waals surface area (Å²) in [5, 5.41) is 18.3. The van der Waals surface area contributed by atoms with E-state index in [-0.39, 0.29) is 11.5 Å². The molecule has 1 aromatic heterocycles. The molecule has 0 amide bonds. The van der Waals surface area contributed by atoms with E-state index in [1.54, 1.807) is 13.2 Å². The minimum absolute atomic E-state index is 0.119. The quantitative estimate of drug-likeness (QED) is 0.527. The number of allylic oxidation sites excluding steroid dienone is 1. The van der Waals surface area contributed by atoms with Gasteiger partial charge in [-0.2, -0.15) is 0 Å². The summed E-state index contributed by atoms with van der Waals surface area (Å²) in [5.74, 6) is -1.64. The summed E-state index contributed by atoms with van der Waals surface area (Å²) in [7, 11) is 1.55. The van der Waals surface area contributed by atoms with E-state index in [2.05, 4.69) is 9.98 Å². The maximum absolute atomic E-state index is 11.3. The topological polar surface area (TPSA) is 112 Å². The van der Waals surface area contributed by atoms with Gasteiger partial charge in [0.1, 0.15) is 5.75 Å². The van der Waals surface area contributed by atoms with Crippen LogP contribution in [0.2, 0.25) is 0 Å². The highest BCUT2D eigenvalue weighted by Crippen LogP contribution is 2.44. The van der Waals surface area contributed by atoms with Crippen LogP contribution < -0.4 is 4.74 Å². The molecule has 7 nitrogen and oxygen atoms in total. The van der Waals surface area contributed by atoms with Crippen LogP contribution in [0.5, 0.6) is 5.75 Å². The second kappa shape index (κ2) is 9.73. The molecule has 30 heavy (non-hydrogen) atoms. The molecule has 0 radical (unpaired) electrons. The molecule has 2 aromatic rings. The van der Waals surface area contributed by atoms with Gasteiger partial charge in [-0.25, -0.2) is 0 Å². The van der Waals surface area contributed by atoms with E-state index >= 15 is 0 Å². The van der Waals surface area contributed by atoms with Gasteiger partial charge in [0.15, 0.2) is 0 Å². The summed E-state index contributed by atoms with van der Waals surface area (Å²) in [6.45, 7) is 1.81. The van der Waals surface area contributed by atoms with Gasteiger partial charge < -0.3 is 19.9 Å². The average Bonchev–Trinajstić information content (AvgIpc) is 3.31. The van der Waals surface area contributed by atoms with E-state index in [1.807, 2.05) is 43.3 Å². The van der Waals surface area contributed by atoms with Crippen LogP contribution in [-0.4, -0.2) is 51.5 Å². The number of benzene rings is 1.